The minimum atomic E-state index is -1.19. The first kappa shape index (κ1) is 77.4. The summed E-state index contributed by atoms with van der Waals surface area (Å²) in [7, 11) is 0. The van der Waals surface area contributed by atoms with Crippen molar-refractivity contribution in [1.82, 2.24) is 46.6 Å². The fourth-order valence-electron chi connectivity index (χ4n) is 6.51. The molecule has 6 unspecified atom stereocenters. The zero-order valence-corrected chi connectivity index (χ0v) is 51.0. The van der Waals surface area contributed by atoms with Crippen molar-refractivity contribution in [2.75, 3.05) is 125 Å². The van der Waals surface area contributed by atoms with Crippen LogP contribution in [-0.4, -0.2) is 254 Å². The number of esters is 6. The van der Waals surface area contributed by atoms with Gasteiger partial charge in [-0.3, -0.25) is 29.1 Å². The number of hydrogen-bond donors (Lipinski definition) is 6. The molecule has 0 saturated heterocycles. The van der Waals surface area contributed by atoms with Gasteiger partial charge in [0.15, 0.2) is 0 Å². The molecule has 0 aliphatic rings. The van der Waals surface area contributed by atoms with E-state index in [4.69, 9.17) is 47.4 Å². The van der Waals surface area contributed by atoms with Crippen LogP contribution >= 0.6 is 0 Å². The molecule has 32 heteroatoms. The van der Waals surface area contributed by atoms with Gasteiger partial charge < -0.3 is 79.3 Å². The van der Waals surface area contributed by atoms with E-state index < -0.39 is 108 Å². The summed E-state index contributed by atoms with van der Waals surface area (Å²) in [4.78, 5) is 167. The lowest BCUT2D eigenvalue weighted by Gasteiger charge is -2.24. The Hall–Kier alpha value is -7.61. The minimum absolute atomic E-state index is 0.00846. The van der Waals surface area contributed by atoms with E-state index in [0.717, 1.165) is 0 Å². The van der Waals surface area contributed by atoms with Gasteiger partial charge in [-0.05, 0) is 74.1 Å². The van der Waals surface area contributed by atoms with Crippen molar-refractivity contribution in [1.29, 1.82) is 0 Å². The highest BCUT2D eigenvalue weighted by Crippen LogP contribution is 2.02. The van der Waals surface area contributed by atoms with Crippen LogP contribution in [0.3, 0.4) is 0 Å². The summed E-state index contributed by atoms with van der Waals surface area (Å²) in [6.45, 7) is 14.6. The van der Waals surface area contributed by atoms with Crippen molar-refractivity contribution in [2.45, 2.75) is 138 Å². The Bertz CT molecular complexity index is 1890. The lowest BCUT2D eigenvalue weighted by molar-refractivity contribution is -0.150. The number of Topliss-reactive ketones (excluding diaryl/α,β-unsaturated/α-hetero) is 1. The van der Waals surface area contributed by atoms with Crippen LogP contribution in [0.4, 0.5) is 19.2 Å². The summed E-state index contributed by atoms with van der Waals surface area (Å²) in [5.74, 6) is -6.51. The molecule has 6 atom stereocenters. The summed E-state index contributed by atoms with van der Waals surface area (Å²) < 4.78 is 51.5. The standard InChI is InChI=1S/C53H91N9O23/c1-12-22-82-50(72)56-38(8)46(68)78-28-18-61(19-29-79-47(69)39(9)57-51(73)83-23-13-2)33-42(64)54-36(6)44(66)76-26-16-60(32-35(5)63)17-27-77-45(67)37(7)55-43(65)34-62(20-30-80-48(70)40(10)58-52(74)84-24-14-3)21-31-81-49(71)41(11)59-53(75)85-25-15-4/h36-41H,12-34H2,1-11H3,(H,54,64)(H,55,65)(H,56,72)(H,57,73)(H,58,74)(H,59,75). The third-order valence-electron chi connectivity index (χ3n) is 11.1. The lowest BCUT2D eigenvalue weighted by Crippen LogP contribution is -2.47. The molecule has 0 fully saturated rings. The number of nitrogens with zero attached hydrogens (tertiary/aromatic N) is 3. The van der Waals surface area contributed by atoms with E-state index in [1.54, 1.807) is 27.7 Å². The molecule has 6 amide bonds. The Morgan fingerprint density at radius 2 is 0.471 bits per heavy atom. The van der Waals surface area contributed by atoms with Gasteiger partial charge in [0.05, 0.1) is 46.1 Å². The molecule has 0 aliphatic heterocycles. The molecule has 85 heavy (non-hydrogen) atoms. The predicted octanol–water partition coefficient (Wildman–Crippen LogP) is -0.151. The van der Waals surface area contributed by atoms with Gasteiger partial charge in [-0.1, -0.05) is 27.7 Å². The molecule has 0 heterocycles. The number of alkyl carbamates (subject to hydrolysis) is 4. The van der Waals surface area contributed by atoms with Crippen LogP contribution in [-0.2, 0) is 90.5 Å². The third kappa shape index (κ3) is 38.8. The summed E-state index contributed by atoms with van der Waals surface area (Å²) >= 11 is 0. The van der Waals surface area contributed by atoms with Crippen molar-refractivity contribution in [3.05, 3.63) is 0 Å². The molecule has 0 radical (unpaired) electrons. The number of ketones is 1. The first-order valence-corrected chi connectivity index (χ1v) is 28.2. The van der Waals surface area contributed by atoms with Crippen LogP contribution < -0.4 is 31.9 Å². The van der Waals surface area contributed by atoms with Crippen molar-refractivity contribution in [2.24, 2.45) is 0 Å². The van der Waals surface area contributed by atoms with Crippen LogP contribution in [0.25, 0.3) is 0 Å². The SMILES string of the molecule is CCCOC(=O)NC(C)C(=O)OCCN(CCOC(=O)C(C)NC(=O)OCCC)CC(=O)NC(C)C(=O)OCCN(CCOC(=O)C(C)NC(=O)CN(CCOC(=O)C(C)NC(=O)OCCC)CCOC(=O)C(C)NC(=O)OCCC)CC(C)=O. The normalized spacial score (nSPS) is 13.0. The molecule has 0 bridgehead atoms. The van der Waals surface area contributed by atoms with Gasteiger partial charge in [-0.15, -0.1) is 0 Å². The van der Waals surface area contributed by atoms with Crippen molar-refractivity contribution < 1.29 is 110 Å². The maximum atomic E-state index is 13.2. The van der Waals surface area contributed by atoms with E-state index in [2.05, 4.69) is 31.9 Å². The van der Waals surface area contributed by atoms with E-state index in [0.29, 0.717) is 25.7 Å². The average Bonchev–Trinajstić information content (AvgIpc) is 3.44. The van der Waals surface area contributed by atoms with Crippen molar-refractivity contribution in [3.63, 3.8) is 0 Å². The lowest BCUT2D eigenvalue weighted by atomic mass is 10.3. The number of ether oxygens (including phenoxy) is 10. The molecule has 0 aromatic carbocycles. The molecule has 0 aromatic heterocycles. The van der Waals surface area contributed by atoms with Gasteiger partial charge >= 0.3 is 60.2 Å². The number of nitrogens with one attached hydrogen (secondary N) is 6. The predicted molar refractivity (Wildman–Crippen MR) is 298 cm³/mol. The van der Waals surface area contributed by atoms with E-state index >= 15 is 0 Å². The Morgan fingerprint density at radius 3 is 0.659 bits per heavy atom. The molecule has 6 N–H and O–H groups in total. The van der Waals surface area contributed by atoms with Crippen LogP contribution in [0, 0.1) is 0 Å². The quantitative estimate of drug-likeness (QED) is 0.0341. The fraction of sp³-hybridized carbons (Fsp3) is 0.755. The van der Waals surface area contributed by atoms with Crippen LogP contribution in [0.5, 0.6) is 0 Å². The second kappa shape index (κ2) is 45.8. The second-order valence-corrected chi connectivity index (χ2v) is 19.1. The molecule has 0 saturated carbocycles. The van der Waals surface area contributed by atoms with E-state index in [1.807, 2.05) is 0 Å². The molecule has 0 rings (SSSR count). The molecule has 0 aliphatic carbocycles. The van der Waals surface area contributed by atoms with Crippen LogP contribution in [0.15, 0.2) is 0 Å². The van der Waals surface area contributed by atoms with Gasteiger partial charge in [-0.2, -0.15) is 0 Å². The highest BCUT2D eigenvalue weighted by atomic mass is 16.6. The number of rotatable bonds is 44. The first-order chi connectivity index (χ1) is 40.3. The topological polar surface area (TPSA) is 396 Å². The van der Waals surface area contributed by atoms with Gasteiger partial charge in [0.2, 0.25) is 11.8 Å². The maximum absolute atomic E-state index is 13.2. The number of hydrogen-bond acceptors (Lipinski definition) is 26. The van der Waals surface area contributed by atoms with Gasteiger partial charge in [0.25, 0.3) is 0 Å². The molecular formula is C53H91N9O23. The Balaban J connectivity index is 5.52. The Morgan fingerprint density at radius 1 is 0.282 bits per heavy atom. The highest BCUT2D eigenvalue weighted by molar-refractivity contribution is 5.87. The van der Waals surface area contributed by atoms with Gasteiger partial charge in [0, 0.05) is 39.3 Å². The number of carbonyl (C=O) groups is 13. The number of carbonyl (C=O) groups excluding carboxylic acids is 13. The van der Waals surface area contributed by atoms with Crippen LogP contribution in [0.1, 0.15) is 102 Å². The van der Waals surface area contributed by atoms with Gasteiger partial charge in [0.1, 0.15) is 81.7 Å². The largest absolute Gasteiger partial charge is 0.463 e. The maximum Gasteiger partial charge on any atom is 0.407 e. The molecule has 486 valence electrons. The smallest absolute Gasteiger partial charge is 0.407 e. The monoisotopic (exact) mass is 1220 g/mol. The number of amides is 6. The molecular weight excluding hydrogens is 1130 g/mol. The fourth-order valence-corrected chi connectivity index (χ4v) is 6.51. The van der Waals surface area contributed by atoms with E-state index in [-0.39, 0.29) is 131 Å². The molecule has 0 aromatic rings. The summed E-state index contributed by atoms with van der Waals surface area (Å²) in [5, 5.41) is 14.4. The summed E-state index contributed by atoms with van der Waals surface area (Å²) in [5.41, 5.74) is 0. The van der Waals surface area contributed by atoms with E-state index in [1.165, 1.54) is 63.2 Å². The third-order valence-corrected chi connectivity index (χ3v) is 11.1. The van der Waals surface area contributed by atoms with Gasteiger partial charge in [-0.25, -0.2) is 47.9 Å². The minimum Gasteiger partial charge on any atom is -0.463 e. The summed E-state index contributed by atoms with van der Waals surface area (Å²) in [6, 6.07) is -6.67. The van der Waals surface area contributed by atoms with Crippen molar-refractivity contribution in [3.8, 4) is 0 Å². The highest BCUT2D eigenvalue weighted by Gasteiger charge is 2.26. The Kier molecular flexibility index (Phi) is 41.7. The van der Waals surface area contributed by atoms with Crippen molar-refractivity contribution >= 4 is 77.8 Å². The summed E-state index contributed by atoms with van der Waals surface area (Å²) in [6.07, 6.45) is -0.979. The van der Waals surface area contributed by atoms with E-state index in [9.17, 15) is 62.3 Å². The first-order valence-electron chi connectivity index (χ1n) is 28.2. The zero-order valence-electron chi connectivity index (χ0n) is 51.0. The second-order valence-electron chi connectivity index (χ2n) is 19.1. The zero-order chi connectivity index (χ0) is 64.3. The molecule has 0 spiro atoms. The van der Waals surface area contributed by atoms with Crippen LogP contribution in [0.2, 0.25) is 0 Å². The average molecular weight is 1220 g/mol. The molecule has 32 nitrogen and oxygen atoms in total. The Labute approximate surface area is 496 Å².